The van der Waals surface area contributed by atoms with Crippen LogP contribution in [0.1, 0.15) is 181 Å². The van der Waals surface area contributed by atoms with E-state index in [9.17, 15) is 14.7 Å². The molecule has 0 aliphatic carbocycles. The van der Waals surface area contributed by atoms with Crippen molar-refractivity contribution in [1.82, 2.24) is 0 Å². The first kappa shape index (κ1) is 42.1. The van der Waals surface area contributed by atoms with Crippen LogP contribution in [0.25, 0.3) is 0 Å². The standard InChI is InChI=1S/C39H70O5/c1-3-5-7-9-11-13-15-17-18-19-20-22-24-26-28-30-32-34-39(42)44-37(35-40)36-43-38(41)33-31-29-27-25-23-21-16-14-12-10-8-6-4-2/h5,7,11,13,17-18,37,40H,3-4,6,8-10,12,14-16,19-36H2,1-2H3/b7-5-,13-11-,18-17-. The van der Waals surface area contributed by atoms with E-state index in [0.717, 1.165) is 64.2 Å². The summed E-state index contributed by atoms with van der Waals surface area (Å²) < 4.78 is 10.6. The minimum absolute atomic E-state index is 0.0674. The van der Waals surface area contributed by atoms with Gasteiger partial charge in [-0.2, -0.15) is 0 Å². The molecule has 0 amide bonds. The Morgan fingerprint density at radius 3 is 1.48 bits per heavy atom. The van der Waals surface area contributed by atoms with Gasteiger partial charge in [0.15, 0.2) is 6.10 Å². The molecule has 0 aliphatic heterocycles. The smallest absolute Gasteiger partial charge is 0.306 e. The number of rotatable bonds is 33. The molecule has 1 atom stereocenters. The van der Waals surface area contributed by atoms with Gasteiger partial charge in [-0.25, -0.2) is 0 Å². The van der Waals surface area contributed by atoms with E-state index in [4.69, 9.17) is 9.47 Å². The Kier molecular flexibility index (Phi) is 34.1. The first-order valence-electron chi connectivity index (χ1n) is 18.5. The maximum absolute atomic E-state index is 12.1. The fourth-order valence-corrected chi connectivity index (χ4v) is 5.16. The zero-order valence-electron chi connectivity index (χ0n) is 28.9. The first-order chi connectivity index (χ1) is 21.6. The second-order valence-corrected chi connectivity index (χ2v) is 12.3. The van der Waals surface area contributed by atoms with Gasteiger partial charge in [0.25, 0.3) is 0 Å². The number of aliphatic hydroxyl groups excluding tert-OH is 1. The number of allylic oxidation sites excluding steroid dienone is 6. The van der Waals surface area contributed by atoms with Gasteiger partial charge in [-0.1, -0.05) is 159 Å². The highest BCUT2D eigenvalue weighted by Crippen LogP contribution is 2.14. The van der Waals surface area contributed by atoms with Crippen molar-refractivity contribution in [2.75, 3.05) is 13.2 Å². The summed E-state index contributed by atoms with van der Waals surface area (Å²) in [6.45, 7) is 4.01. The van der Waals surface area contributed by atoms with Gasteiger partial charge in [0.05, 0.1) is 6.61 Å². The average molecular weight is 619 g/mol. The molecule has 1 N–H and O–H groups in total. The number of esters is 2. The van der Waals surface area contributed by atoms with E-state index >= 15 is 0 Å². The zero-order valence-corrected chi connectivity index (χ0v) is 28.9. The molecule has 256 valence electrons. The largest absolute Gasteiger partial charge is 0.462 e. The third-order valence-corrected chi connectivity index (χ3v) is 7.95. The third kappa shape index (κ3) is 33.0. The molecule has 0 aromatic heterocycles. The van der Waals surface area contributed by atoms with E-state index in [0.29, 0.717) is 12.8 Å². The Balaban J connectivity index is 3.57. The molecule has 0 aliphatic rings. The number of carbonyl (C=O) groups is 2. The Labute approximate surface area is 272 Å². The normalized spacial score (nSPS) is 12.5. The molecule has 0 saturated carbocycles. The molecule has 0 aromatic carbocycles. The molecular formula is C39H70O5. The lowest BCUT2D eigenvalue weighted by molar-refractivity contribution is -0.161. The topological polar surface area (TPSA) is 72.8 Å². The molecule has 0 aromatic rings. The van der Waals surface area contributed by atoms with E-state index in [1.165, 1.54) is 89.9 Å². The number of carbonyl (C=O) groups excluding carboxylic acids is 2. The van der Waals surface area contributed by atoms with Crippen molar-refractivity contribution in [3.8, 4) is 0 Å². The first-order valence-corrected chi connectivity index (χ1v) is 18.5. The van der Waals surface area contributed by atoms with Crippen molar-refractivity contribution >= 4 is 11.9 Å². The highest BCUT2D eigenvalue weighted by molar-refractivity contribution is 5.70. The van der Waals surface area contributed by atoms with Crippen molar-refractivity contribution in [2.24, 2.45) is 0 Å². The highest BCUT2D eigenvalue weighted by atomic mass is 16.6. The van der Waals surface area contributed by atoms with Crippen molar-refractivity contribution in [3.63, 3.8) is 0 Å². The van der Waals surface area contributed by atoms with Crippen LogP contribution in [-0.2, 0) is 19.1 Å². The summed E-state index contributed by atoms with van der Waals surface area (Å²) in [5, 5.41) is 9.53. The number of ether oxygens (including phenoxy) is 2. The quantitative estimate of drug-likeness (QED) is 0.0450. The molecule has 0 heterocycles. The van der Waals surface area contributed by atoms with Gasteiger partial charge >= 0.3 is 11.9 Å². The van der Waals surface area contributed by atoms with Crippen LogP contribution in [0.5, 0.6) is 0 Å². The molecule has 0 saturated heterocycles. The van der Waals surface area contributed by atoms with Crippen LogP contribution in [0.4, 0.5) is 0 Å². The summed E-state index contributed by atoms with van der Waals surface area (Å²) >= 11 is 0. The summed E-state index contributed by atoms with van der Waals surface area (Å²) in [6.07, 6.45) is 42.0. The SMILES string of the molecule is CC/C=C\C/C=C\C/C=C\CCCCCCCCCC(=O)OC(CO)COC(=O)CCCCCCCCCCCCCCC. The fraction of sp³-hybridized carbons (Fsp3) is 0.795. The lowest BCUT2D eigenvalue weighted by Gasteiger charge is -2.15. The second-order valence-electron chi connectivity index (χ2n) is 12.3. The second kappa shape index (κ2) is 35.6. The van der Waals surface area contributed by atoms with Crippen molar-refractivity contribution in [2.45, 2.75) is 187 Å². The van der Waals surface area contributed by atoms with Crippen molar-refractivity contribution in [1.29, 1.82) is 0 Å². The summed E-state index contributed by atoms with van der Waals surface area (Å²) in [6, 6.07) is 0. The van der Waals surface area contributed by atoms with Gasteiger partial charge in [0, 0.05) is 12.8 Å². The molecular weight excluding hydrogens is 548 g/mol. The van der Waals surface area contributed by atoms with Crippen LogP contribution in [-0.4, -0.2) is 36.4 Å². The maximum Gasteiger partial charge on any atom is 0.306 e. The van der Waals surface area contributed by atoms with E-state index in [2.05, 4.69) is 50.3 Å². The molecule has 0 fully saturated rings. The van der Waals surface area contributed by atoms with Crippen LogP contribution in [0.2, 0.25) is 0 Å². The molecule has 0 spiro atoms. The summed E-state index contributed by atoms with van der Waals surface area (Å²) in [7, 11) is 0. The molecule has 0 bridgehead atoms. The molecule has 0 radical (unpaired) electrons. The van der Waals surface area contributed by atoms with Gasteiger partial charge in [-0.15, -0.1) is 0 Å². The molecule has 5 heteroatoms. The van der Waals surface area contributed by atoms with Crippen molar-refractivity contribution in [3.05, 3.63) is 36.5 Å². The maximum atomic E-state index is 12.1. The number of unbranched alkanes of at least 4 members (excludes halogenated alkanes) is 19. The average Bonchev–Trinajstić information content (AvgIpc) is 3.02. The monoisotopic (exact) mass is 619 g/mol. The Morgan fingerprint density at radius 2 is 0.977 bits per heavy atom. The lowest BCUT2D eigenvalue weighted by atomic mass is 10.0. The summed E-state index contributed by atoms with van der Waals surface area (Å²) in [4.78, 5) is 24.2. The fourth-order valence-electron chi connectivity index (χ4n) is 5.16. The Hall–Kier alpha value is -1.88. The van der Waals surface area contributed by atoms with Crippen molar-refractivity contribution < 1.29 is 24.2 Å². The number of hydrogen-bond donors (Lipinski definition) is 1. The minimum Gasteiger partial charge on any atom is -0.462 e. The lowest BCUT2D eigenvalue weighted by Crippen LogP contribution is -2.28. The molecule has 44 heavy (non-hydrogen) atoms. The van der Waals surface area contributed by atoms with Gasteiger partial charge in [-0.05, 0) is 44.9 Å². The molecule has 0 rings (SSSR count). The van der Waals surface area contributed by atoms with E-state index < -0.39 is 6.10 Å². The van der Waals surface area contributed by atoms with Crippen LogP contribution in [0.3, 0.4) is 0 Å². The van der Waals surface area contributed by atoms with Gasteiger partial charge < -0.3 is 14.6 Å². The van der Waals surface area contributed by atoms with E-state index in [1.807, 2.05) is 0 Å². The predicted octanol–water partition coefficient (Wildman–Crippen LogP) is 11.3. The minimum atomic E-state index is -0.772. The summed E-state index contributed by atoms with van der Waals surface area (Å²) in [5.41, 5.74) is 0. The highest BCUT2D eigenvalue weighted by Gasteiger charge is 2.16. The predicted molar refractivity (Wildman–Crippen MR) is 187 cm³/mol. The number of hydrogen-bond acceptors (Lipinski definition) is 5. The Bertz CT molecular complexity index is 711. The summed E-state index contributed by atoms with van der Waals surface area (Å²) in [5.74, 6) is -0.600. The molecule has 1 unspecified atom stereocenters. The van der Waals surface area contributed by atoms with Crippen LogP contribution >= 0.6 is 0 Å². The van der Waals surface area contributed by atoms with Gasteiger partial charge in [0.1, 0.15) is 6.61 Å². The van der Waals surface area contributed by atoms with E-state index in [-0.39, 0.29) is 25.2 Å². The third-order valence-electron chi connectivity index (χ3n) is 7.95. The van der Waals surface area contributed by atoms with Crippen LogP contribution in [0, 0.1) is 0 Å². The number of aliphatic hydroxyl groups is 1. The zero-order chi connectivity index (χ0) is 32.2. The molecule has 5 nitrogen and oxygen atoms in total. The van der Waals surface area contributed by atoms with Crippen LogP contribution in [0.15, 0.2) is 36.5 Å². The van der Waals surface area contributed by atoms with Gasteiger partial charge in [-0.3, -0.25) is 9.59 Å². The van der Waals surface area contributed by atoms with E-state index in [1.54, 1.807) is 0 Å². The van der Waals surface area contributed by atoms with Crippen LogP contribution < -0.4 is 0 Å². The Morgan fingerprint density at radius 1 is 0.545 bits per heavy atom. The van der Waals surface area contributed by atoms with Gasteiger partial charge in [0.2, 0.25) is 0 Å².